The lowest BCUT2D eigenvalue weighted by Gasteiger charge is -2.60. The van der Waals surface area contributed by atoms with Crippen molar-refractivity contribution in [1.82, 2.24) is 0 Å². The summed E-state index contributed by atoms with van der Waals surface area (Å²) in [6.45, 7) is 9.41. The largest absolute Gasteiger partial charge is 0.394 e. The van der Waals surface area contributed by atoms with Crippen molar-refractivity contribution in [3.05, 3.63) is 11.1 Å². The Kier molecular flexibility index (Phi) is 7.08. The van der Waals surface area contributed by atoms with Crippen molar-refractivity contribution < 1.29 is 44.9 Å². The van der Waals surface area contributed by atoms with Crippen LogP contribution in [0.5, 0.6) is 0 Å². The molecule has 1 aliphatic heterocycles. The summed E-state index contributed by atoms with van der Waals surface area (Å²) >= 11 is 0. The van der Waals surface area contributed by atoms with Crippen LogP contribution in [0.2, 0.25) is 0 Å². The van der Waals surface area contributed by atoms with Gasteiger partial charge >= 0.3 is 0 Å². The van der Waals surface area contributed by atoms with Gasteiger partial charge in [0.25, 0.3) is 0 Å². The van der Waals surface area contributed by atoms with Crippen LogP contribution in [0, 0.1) is 22.7 Å². The zero-order valence-electron chi connectivity index (χ0n) is 21.3. The maximum Gasteiger partial charge on any atom is 0.187 e. The lowest BCUT2D eigenvalue weighted by Crippen LogP contribution is -2.63. The third-order valence-corrected chi connectivity index (χ3v) is 9.60. The molecule has 1 saturated heterocycles. The van der Waals surface area contributed by atoms with Gasteiger partial charge in [0, 0.05) is 30.3 Å². The van der Waals surface area contributed by atoms with Crippen molar-refractivity contribution in [2.24, 2.45) is 22.7 Å². The summed E-state index contributed by atoms with van der Waals surface area (Å²) in [7, 11) is 0. The SMILES string of the molecule is CC(C)C1(O)CC2=C(C(O)C1)C1(C)C(OC3OC(CO)C(O)C(O)C3O)CCC(C)(C)C1CC2=O. The molecule has 2 fully saturated rings. The minimum Gasteiger partial charge on any atom is -0.394 e. The van der Waals surface area contributed by atoms with Gasteiger partial charge in [0.1, 0.15) is 24.4 Å². The molecule has 0 aromatic carbocycles. The van der Waals surface area contributed by atoms with Crippen molar-refractivity contribution >= 4 is 5.78 Å². The summed E-state index contributed by atoms with van der Waals surface area (Å²) in [6.07, 6.45) is -6.73. The number of aliphatic hydroxyl groups excluding tert-OH is 5. The minimum atomic E-state index is -1.56. The summed E-state index contributed by atoms with van der Waals surface area (Å²) in [5.74, 6) is -0.361. The van der Waals surface area contributed by atoms with Gasteiger partial charge in [-0.3, -0.25) is 4.79 Å². The van der Waals surface area contributed by atoms with Crippen LogP contribution in [0.3, 0.4) is 0 Å². The van der Waals surface area contributed by atoms with E-state index in [4.69, 9.17) is 9.47 Å². The van der Waals surface area contributed by atoms with Crippen LogP contribution in [0.4, 0.5) is 0 Å². The number of rotatable bonds is 4. The number of carbonyl (C=O) groups excluding carboxylic acids is 1. The highest BCUT2D eigenvalue weighted by Gasteiger charge is 2.62. The Balaban J connectivity index is 1.75. The van der Waals surface area contributed by atoms with Crippen LogP contribution in [-0.2, 0) is 14.3 Å². The molecule has 0 radical (unpaired) electrons. The molecule has 6 N–H and O–H groups in total. The summed E-state index contributed by atoms with van der Waals surface area (Å²) < 4.78 is 12.0. The standard InChI is InChI=1S/C26H42O9/c1-12(2)26(33)9-13-14(28)8-17-24(3,4)7-6-18(25(17,5)19(13)15(29)10-26)35-23-22(32)21(31)20(30)16(11-27)34-23/h12,15-18,20-23,27,29-33H,6-11H2,1-5H3. The van der Waals surface area contributed by atoms with Crippen LogP contribution < -0.4 is 0 Å². The van der Waals surface area contributed by atoms with E-state index in [9.17, 15) is 35.4 Å². The molecular weight excluding hydrogens is 456 g/mol. The molecule has 35 heavy (non-hydrogen) atoms. The fraction of sp³-hybridized carbons (Fsp3) is 0.885. The fourth-order valence-corrected chi connectivity index (χ4v) is 7.21. The smallest absolute Gasteiger partial charge is 0.187 e. The number of Topliss-reactive ketones (excluding diaryl/α,β-unsaturated/α-hetero) is 1. The van der Waals surface area contributed by atoms with E-state index in [0.717, 1.165) is 6.42 Å². The fourth-order valence-electron chi connectivity index (χ4n) is 7.21. The normalized spacial score (nSPS) is 48.1. The quantitative estimate of drug-likeness (QED) is 0.323. The monoisotopic (exact) mass is 498 g/mol. The third-order valence-electron chi connectivity index (χ3n) is 9.60. The van der Waals surface area contributed by atoms with Crippen molar-refractivity contribution in [3.8, 4) is 0 Å². The maximum atomic E-state index is 13.4. The van der Waals surface area contributed by atoms with Crippen LogP contribution in [0.25, 0.3) is 0 Å². The van der Waals surface area contributed by atoms with E-state index < -0.39 is 60.5 Å². The van der Waals surface area contributed by atoms with Gasteiger partial charge < -0.3 is 40.1 Å². The first-order valence-corrected chi connectivity index (χ1v) is 12.8. The molecule has 3 aliphatic carbocycles. The summed E-state index contributed by atoms with van der Waals surface area (Å²) in [5, 5.41) is 63.2. The van der Waals surface area contributed by atoms with E-state index in [-0.39, 0.29) is 42.3 Å². The Bertz CT molecular complexity index is 867. The van der Waals surface area contributed by atoms with Gasteiger partial charge in [-0.05, 0) is 35.7 Å². The van der Waals surface area contributed by atoms with Crippen molar-refractivity contribution in [1.29, 1.82) is 0 Å². The third kappa shape index (κ3) is 4.22. The molecule has 0 aromatic rings. The Morgan fingerprint density at radius 3 is 2.34 bits per heavy atom. The molecule has 0 aromatic heterocycles. The summed E-state index contributed by atoms with van der Waals surface area (Å²) in [5.41, 5.74) is -1.13. The van der Waals surface area contributed by atoms with Crippen molar-refractivity contribution in [2.75, 3.05) is 6.61 Å². The van der Waals surface area contributed by atoms with Crippen LogP contribution in [0.15, 0.2) is 11.1 Å². The van der Waals surface area contributed by atoms with Crippen LogP contribution >= 0.6 is 0 Å². The minimum absolute atomic E-state index is 0.0538. The Labute approximate surface area is 206 Å². The van der Waals surface area contributed by atoms with Crippen LogP contribution in [-0.4, -0.2) is 91.5 Å². The second-order valence-corrected chi connectivity index (χ2v) is 12.4. The van der Waals surface area contributed by atoms with Crippen molar-refractivity contribution in [3.63, 3.8) is 0 Å². The summed E-state index contributed by atoms with van der Waals surface area (Å²) in [6, 6.07) is 0. The van der Waals surface area contributed by atoms with E-state index in [1.165, 1.54) is 0 Å². The molecule has 4 rings (SSSR count). The molecule has 10 unspecified atom stereocenters. The first-order valence-electron chi connectivity index (χ1n) is 12.8. The molecular formula is C26H42O9. The van der Waals surface area contributed by atoms with Gasteiger partial charge in [-0.2, -0.15) is 0 Å². The maximum absolute atomic E-state index is 13.4. The van der Waals surface area contributed by atoms with E-state index in [2.05, 4.69) is 13.8 Å². The number of ether oxygens (including phenoxy) is 2. The Hall–Kier alpha value is -0.910. The van der Waals surface area contributed by atoms with E-state index in [1.54, 1.807) is 0 Å². The Morgan fingerprint density at radius 1 is 1.09 bits per heavy atom. The number of ketones is 1. The lowest BCUT2D eigenvalue weighted by molar-refractivity contribution is -0.325. The first-order chi connectivity index (χ1) is 16.2. The molecule has 1 saturated carbocycles. The lowest BCUT2D eigenvalue weighted by atomic mass is 9.46. The second kappa shape index (κ2) is 9.13. The topological polar surface area (TPSA) is 157 Å². The van der Waals surface area contributed by atoms with Gasteiger partial charge in [0.05, 0.1) is 24.4 Å². The number of aliphatic hydroxyl groups is 6. The number of carbonyl (C=O) groups is 1. The zero-order chi connectivity index (χ0) is 26.1. The molecule has 9 nitrogen and oxygen atoms in total. The van der Waals surface area contributed by atoms with Gasteiger partial charge in [0.15, 0.2) is 12.1 Å². The highest BCUT2D eigenvalue weighted by Crippen LogP contribution is 2.62. The van der Waals surface area contributed by atoms with Crippen LogP contribution in [0.1, 0.15) is 66.7 Å². The van der Waals surface area contributed by atoms with E-state index in [1.807, 2.05) is 20.8 Å². The molecule has 10 atom stereocenters. The van der Waals surface area contributed by atoms with Gasteiger partial charge in [-0.1, -0.05) is 34.6 Å². The first kappa shape index (κ1) is 27.1. The predicted molar refractivity (Wildman–Crippen MR) is 125 cm³/mol. The molecule has 0 amide bonds. The van der Waals surface area contributed by atoms with Crippen molar-refractivity contribution in [2.45, 2.75) is 115 Å². The highest BCUT2D eigenvalue weighted by molar-refractivity contribution is 5.98. The number of hydrogen-bond donors (Lipinski definition) is 6. The molecule has 1 heterocycles. The summed E-state index contributed by atoms with van der Waals surface area (Å²) in [4.78, 5) is 13.4. The zero-order valence-corrected chi connectivity index (χ0v) is 21.3. The number of hydrogen-bond acceptors (Lipinski definition) is 9. The average molecular weight is 499 g/mol. The van der Waals surface area contributed by atoms with Gasteiger partial charge in [-0.15, -0.1) is 0 Å². The molecule has 0 spiro atoms. The molecule has 0 bridgehead atoms. The van der Waals surface area contributed by atoms with E-state index in [0.29, 0.717) is 17.6 Å². The van der Waals surface area contributed by atoms with E-state index >= 15 is 0 Å². The second-order valence-electron chi connectivity index (χ2n) is 12.4. The molecule has 200 valence electrons. The van der Waals surface area contributed by atoms with Gasteiger partial charge in [0.2, 0.25) is 0 Å². The molecule has 4 aliphatic rings. The molecule has 9 heteroatoms. The number of fused-ring (bicyclic) bond motifs is 2. The Morgan fingerprint density at radius 2 is 1.74 bits per heavy atom. The highest BCUT2D eigenvalue weighted by atomic mass is 16.7. The predicted octanol–water partition coefficient (Wildman–Crippen LogP) is 0.425. The average Bonchev–Trinajstić information content (AvgIpc) is 2.77. The van der Waals surface area contributed by atoms with Gasteiger partial charge in [-0.25, -0.2) is 0 Å².